The number of aryl methyl sites for hydroxylation is 3. The summed E-state index contributed by atoms with van der Waals surface area (Å²) in [5.74, 6) is -0.433. The summed E-state index contributed by atoms with van der Waals surface area (Å²) in [5, 5.41) is 2.95. The number of Topliss-reactive ketones (excluding diaryl/α,β-unsaturated/α-hetero) is 1. The van der Waals surface area contributed by atoms with Crippen molar-refractivity contribution in [2.45, 2.75) is 67.3 Å². The highest BCUT2D eigenvalue weighted by Gasteiger charge is 2.25. The lowest BCUT2D eigenvalue weighted by atomic mass is 9.90. The Balaban J connectivity index is 2.51. The van der Waals surface area contributed by atoms with Crippen molar-refractivity contribution in [3.8, 4) is 11.1 Å². The zero-order valence-electron chi connectivity index (χ0n) is 19.2. The fourth-order valence-electron chi connectivity index (χ4n) is 4.12. The van der Waals surface area contributed by atoms with Crippen molar-refractivity contribution in [2.75, 3.05) is 0 Å². The minimum Gasteiger partial charge on any atom is -0.349 e. The summed E-state index contributed by atoms with van der Waals surface area (Å²) in [4.78, 5) is 24.7. The van der Waals surface area contributed by atoms with Crippen LogP contribution in [0.4, 0.5) is 4.39 Å². The van der Waals surface area contributed by atoms with Crippen molar-refractivity contribution in [3.05, 3.63) is 58.4 Å². The Kier molecular flexibility index (Phi) is 7.94. The standard InChI is InChI=1S/C26H34FNO2/c1-15(2)11-19(6)26(30)28-23(13-20(7)29)22-14-21(12-18(5)25(22)27)24-16(3)9-8-10-17(24)4/h8-10,12,14-15,19,23H,11,13H2,1-7H3,(H,28,30)/t19-,23?/m0/s1. The van der Waals surface area contributed by atoms with Crippen molar-refractivity contribution >= 4 is 11.7 Å². The zero-order valence-corrected chi connectivity index (χ0v) is 19.2. The molecule has 0 spiro atoms. The van der Waals surface area contributed by atoms with Crippen LogP contribution in [0.25, 0.3) is 11.1 Å². The number of hydrogen-bond donors (Lipinski definition) is 1. The molecule has 0 aromatic heterocycles. The van der Waals surface area contributed by atoms with Crippen LogP contribution in [-0.2, 0) is 9.59 Å². The fraction of sp³-hybridized carbons (Fsp3) is 0.462. The maximum atomic E-state index is 15.2. The molecule has 0 saturated heterocycles. The first-order valence-electron chi connectivity index (χ1n) is 10.7. The summed E-state index contributed by atoms with van der Waals surface area (Å²) in [6.45, 7) is 13.3. The molecule has 1 amide bonds. The van der Waals surface area contributed by atoms with Crippen molar-refractivity contribution in [1.82, 2.24) is 5.32 Å². The summed E-state index contributed by atoms with van der Waals surface area (Å²) >= 11 is 0. The number of ketones is 1. The van der Waals surface area contributed by atoms with Crippen LogP contribution >= 0.6 is 0 Å². The van der Waals surface area contributed by atoms with E-state index in [-0.39, 0.29) is 29.8 Å². The highest BCUT2D eigenvalue weighted by molar-refractivity contribution is 5.81. The molecule has 4 heteroatoms. The van der Waals surface area contributed by atoms with E-state index in [1.54, 1.807) is 13.0 Å². The molecule has 2 aromatic rings. The second-order valence-electron chi connectivity index (χ2n) is 8.96. The Morgan fingerprint density at radius 3 is 2.13 bits per heavy atom. The number of benzene rings is 2. The van der Waals surface area contributed by atoms with Crippen LogP contribution in [0.5, 0.6) is 0 Å². The first kappa shape index (κ1) is 23.8. The number of carbonyl (C=O) groups is 2. The molecular formula is C26H34FNO2. The van der Waals surface area contributed by atoms with E-state index in [0.717, 1.165) is 28.7 Å². The molecule has 0 bridgehead atoms. The smallest absolute Gasteiger partial charge is 0.223 e. The van der Waals surface area contributed by atoms with E-state index < -0.39 is 6.04 Å². The minimum atomic E-state index is -0.687. The van der Waals surface area contributed by atoms with Gasteiger partial charge in [-0.2, -0.15) is 0 Å². The average molecular weight is 412 g/mol. The average Bonchev–Trinajstić information content (AvgIpc) is 2.62. The maximum Gasteiger partial charge on any atom is 0.223 e. The van der Waals surface area contributed by atoms with Crippen molar-refractivity contribution < 1.29 is 14.0 Å². The molecule has 0 saturated carbocycles. The minimum absolute atomic E-state index is 0.0622. The number of halogens is 1. The first-order chi connectivity index (χ1) is 14.0. The number of hydrogen-bond acceptors (Lipinski definition) is 2. The Hall–Kier alpha value is -2.49. The van der Waals surface area contributed by atoms with E-state index in [0.29, 0.717) is 17.0 Å². The van der Waals surface area contributed by atoms with Gasteiger partial charge in [0.25, 0.3) is 0 Å². The first-order valence-corrected chi connectivity index (χ1v) is 10.7. The molecular weight excluding hydrogens is 377 g/mol. The molecule has 2 rings (SSSR count). The Bertz CT molecular complexity index is 913. The van der Waals surface area contributed by atoms with Gasteiger partial charge in [-0.15, -0.1) is 0 Å². The lowest BCUT2D eigenvalue weighted by Crippen LogP contribution is -2.35. The topological polar surface area (TPSA) is 46.2 Å². The number of amides is 1. The van der Waals surface area contributed by atoms with Gasteiger partial charge in [0, 0.05) is 17.9 Å². The summed E-state index contributed by atoms with van der Waals surface area (Å²) in [7, 11) is 0. The second kappa shape index (κ2) is 10.0. The summed E-state index contributed by atoms with van der Waals surface area (Å²) < 4.78 is 15.2. The molecule has 162 valence electrons. The predicted octanol–water partition coefficient (Wildman–Crippen LogP) is 6.24. The van der Waals surface area contributed by atoms with Crippen molar-refractivity contribution in [2.24, 2.45) is 11.8 Å². The molecule has 0 radical (unpaired) electrons. The van der Waals surface area contributed by atoms with Gasteiger partial charge in [-0.25, -0.2) is 4.39 Å². The summed E-state index contributed by atoms with van der Waals surface area (Å²) in [6, 6.07) is 9.00. The van der Waals surface area contributed by atoms with Crippen LogP contribution in [0, 0.1) is 38.4 Å². The largest absolute Gasteiger partial charge is 0.349 e. The van der Waals surface area contributed by atoms with Gasteiger partial charge in [-0.1, -0.05) is 39.0 Å². The molecule has 0 aliphatic carbocycles. The molecule has 0 heterocycles. The number of rotatable bonds is 8. The zero-order chi connectivity index (χ0) is 22.6. The van der Waals surface area contributed by atoms with E-state index in [9.17, 15) is 9.59 Å². The molecule has 2 atom stereocenters. The van der Waals surface area contributed by atoms with Gasteiger partial charge >= 0.3 is 0 Å². The number of nitrogens with one attached hydrogen (secondary N) is 1. The highest BCUT2D eigenvalue weighted by atomic mass is 19.1. The Morgan fingerprint density at radius 2 is 1.60 bits per heavy atom. The van der Waals surface area contributed by atoms with Gasteiger partial charge in [0.2, 0.25) is 5.91 Å². The van der Waals surface area contributed by atoms with Gasteiger partial charge in [-0.05, 0) is 80.0 Å². The molecule has 1 N–H and O–H groups in total. The van der Waals surface area contributed by atoms with E-state index in [1.165, 1.54) is 6.92 Å². The van der Waals surface area contributed by atoms with Gasteiger partial charge < -0.3 is 5.32 Å². The Morgan fingerprint density at radius 1 is 1.00 bits per heavy atom. The van der Waals surface area contributed by atoms with E-state index in [1.807, 2.05) is 45.0 Å². The molecule has 0 aliphatic heterocycles. The number of carbonyl (C=O) groups excluding carboxylic acids is 2. The SMILES string of the molecule is CC(=O)CC(NC(=O)[C@@H](C)CC(C)C)c1cc(-c2c(C)cccc2C)cc(C)c1F. The van der Waals surface area contributed by atoms with Crippen LogP contribution in [0.2, 0.25) is 0 Å². The van der Waals surface area contributed by atoms with Crippen LogP contribution < -0.4 is 5.32 Å². The van der Waals surface area contributed by atoms with Gasteiger partial charge in [-0.3, -0.25) is 9.59 Å². The lowest BCUT2D eigenvalue weighted by molar-refractivity contribution is -0.126. The normalized spacial score (nSPS) is 13.2. The van der Waals surface area contributed by atoms with E-state index in [2.05, 4.69) is 19.2 Å². The summed E-state index contributed by atoms with van der Waals surface area (Å²) in [6.07, 6.45) is 0.801. The summed E-state index contributed by atoms with van der Waals surface area (Å²) in [5.41, 5.74) is 5.03. The monoisotopic (exact) mass is 411 g/mol. The Labute approximate surface area is 180 Å². The van der Waals surface area contributed by atoms with Crippen LogP contribution in [0.15, 0.2) is 30.3 Å². The predicted molar refractivity (Wildman–Crippen MR) is 121 cm³/mol. The van der Waals surface area contributed by atoms with Gasteiger partial charge in [0.15, 0.2) is 0 Å². The molecule has 0 aliphatic rings. The van der Waals surface area contributed by atoms with Crippen molar-refractivity contribution in [1.29, 1.82) is 0 Å². The highest BCUT2D eigenvalue weighted by Crippen LogP contribution is 2.33. The second-order valence-corrected chi connectivity index (χ2v) is 8.96. The molecule has 3 nitrogen and oxygen atoms in total. The maximum absolute atomic E-state index is 15.2. The quantitative estimate of drug-likeness (QED) is 0.559. The van der Waals surface area contributed by atoms with E-state index >= 15 is 4.39 Å². The third kappa shape index (κ3) is 5.78. The fourth-order valence-corrected chi connectivity index (χ4v) is 4.12. The van der Waals surface area contributed by atoms with Crippen LogP contribution in [0.1, 0.15) is 68.8 Å². The van der Waals surface area contributed by atoms with Gasteiger partial charge in [0.1, 0.15) is 11.6 Å². The van der Waals surface area contributed by atoms with Crippen LogP contribution in [0.3, 0.4) is 0 Å². The van der Waals surface area contributed by atoms with Crippen LogP contribution in [-0.4, -0.2) is 11.7 Å². The van der Waals surface area contributed by atoms with E-state index in [4.69, 9.17) is 0 Å². The van der Waals surface area contributed by atoms with Crippen molar-refractivity contribution in [3.63, 3.8) is 0 Å². The third-order valence-electron chi connectivity index (χ3n) is 5.51. The molecule has 0 fully saturated rings. The third-order valence-corrected chi connectivity index (χ3v) is 5.51. The lowest BCUT2D eigenvalue weighted by Gasteiger charge is -2.24. The van der Waals surface area contributed by atoms with Gasteiger partial charge in [0.05, 0.1) is 6.04 Å². The molecule has 2 aromatic carbocycles. The molecule has 30 heavy (non-hydrogen) atoms. The molecule has 1 unspecified atom stereocenters.